The normalized spacial score (nSPS) is 15.4. The van der Waals surface area contributed by atoms with Gasteiger partial charge in [0.15, 0.2) is 0 Å². The Hall–Kier alpha value is -2.53. The van der Waals surface area contributed by atoms with E-state index in [1.165, 1.54) is 0 Å². The number of carbonyl (C=O) groups excluding carboxylic acids is 1. The molecule has 1 amide bonds. The van der Waals surface area contributed by atoms with Crippen LogP contribution in [0, 0.1) is 0 Å². The zero-order chi connectivity index (χ0) is 18.4. The second kappa shape index (κ2) is 8.72. The number of rotatable bonds is 6. The van der Waals surface area contributed by atoms with E-state index in [0.29, 0.717) is 18.8 Å². The fourth-order valence-electron chi connectivity index (χ4n) is 2.85. The molecule has 1 aliphatic heterocycles. The lowest BCUT2D eigenvalue weighted by atomic mass is 10.1. The van der Waals surface area contributed by atoms with E-state index < -0.39 is 0 Å². The predicted molar refractivity (Wildman–Crippen MR) is 104 cm³/mol. The molecule has 0 radical (unpaired) electrons. The maximum absolute atomic E-state index is 12.6. The highest BCUT2D eigenvalue weighted by molar-refractivity contribution is 6.06. The van der Waals surface area contributed by atoms with Crippen molar-refractivity contribution in [2.45, 2.75) is 26.4 Å². The van der Waals surface area contributed by atoms with Crippen LogP contribution in [0.3, 0.4) is 0 Å². The van der Waals surface area contributed by atoms with Gasteiger partial charge in [-0.2, -0.15) is 0 Å². The number of carbonyl (C=O) groups is 1. The van der Waals surface area contributed by atoms with Crippen LogP contribution in [0.5, 0.6) is 5.75 Å². The lowest BCUT2D eigenvalue weighted by Gasteiger charge is -2.30. The third-order valence-corrected chi connectivity index (χ3v) is 4.53. The number of hydrogen-bond acceptors (Lipinski definition) is 4. The first kappa shape index (κ1) is 18.3. The fraction of sp³-hybridized carbons (Fsp3) is 0.381. The lowest BCUT2D eigenvalue weighted by molar-refractivity contribution is 0.102. The van der Waals surface area contributed by atoms with Crippen LogP contribution in [0.2, 0.25) is 0 Å². The first-order valence-corrected chi connectivity index (χ1v) is 9.17. The molecule has 1 heterocycles. The minimum atomic E-state index is -0.124. The standard InChI is InChI=1S/C21H26N2O3/c1-3-16(2)26-18-10-8-17(9-11-18)21(24)22-19-6-4-5-7-20(19)23-12-14-25-15-13-23/h4-11,16H,3,12-15H2,1-2H3,(H,22,24). The number of nitrogens with zero attached hydrogens (tertiary/aromatic N) is 1. The zero-order valence-corrected chi connectivity index (χ0v) is 15.4. The van der Waals surface area contributed by atoms with Gasteiger partial charge in [-0.25, -0.2) is 0 Å². The van der Waals surface area contributed by atoms with E-state index in [4.69, 9.17) is 9.47 Å². The molecule has 1 atom stereocenters. The summed E-state index contributed by atoms with van der Waals surface area (Å²) in [7, 11) is 0. The molecule has 5 heteroatoms. The van der Waals surface area contributed by atoms with Gasteiger partial charge in [-0.1, -0.05) is 19.1 Å². The van der Waals surface area contributed by atoms with E-state index in [1.54, 1.807) is 12.1 Å². The van der Waals surface area contributed by atoms with Crippen molar-refractivity contribution >= 4 is 17.3 Å². The third kappa shape index (κ3) is 4.55. The third-order valence-electron chi connectivity index (χ3n) is 4.53. The van der Waals surface area contributed by atoms with E-state index >= 15 is 0 Å². The van der Waals surface area contributed by atoms with Crippen molar-refractivity contribution in [3.63, 3.8) is 0 Å². The molecule has 1 aliphatic rings. The number of anilines is 2. The molecule has 26 heavy (non-hydrogen) atoms. The number of morpholine rings is 1. The summed E-state index contributed by atoms with van der Waals surface area (Å²) in [6.45, 7) is 7.19. The van der Waals surface area contributed by atoms with Gasteiger partial charge in [-0.05, 0) is 49.7 Å². The second-order valence-corrected chi connectivity index (χ2v) is 6.43. The molecule has 138 valence electrons. The summed E-state index contributed by atoms with van der Waals surface area (Å²) in [5.74, 6) is 0.658. The molecule has 1 fully saturated rings. The minimum Gasteiger partial charge on any atom is -0.491 e. The summed E-state index contributed by atoms with van der Waals surface area (Å²) in [6.07, 6.45) is 1.11. The molecule has 2 aromatic carbocycles. The van der Waals surface area contributed by atoms with Gasteiger partial charge >= 0.3 is 0 Å². The van der Waals surface area contributed by atoms with Crippen molar-refractivity contribution in [1.82, 2.24) is 0 Å². The maximum Gasteiger partial charge on any atom is 0.255 e. The van der Waals surface area contributed by atoms with E-state index in [9.17, 15) is 4.79 Å². The highest BCUT2D eigenvalue weighted by Crippen LogP contribution is 2.27. The minimum absolute atomic E-state index is 0.124. The largest absolute Gasteiger partial charge is 0.491 e. The van der Waals surface area contributed by atoms with Crippen LogP contribution in [-0.2, 0) is 4.74 Å². The smallest absolute Gasteiger partial charge is 0.255 e. The summed E-state index contributed by atoms with van der Waals surface area (Å²) >= 11 is 0. The molecule has 0 aliphatic carbocycles. The molecular formula is C21H26N2O3. The SMILES string of the molecule is CCC(C)Oc1ccc(C(=O)Nc2ccccc2N2CCOCC2)cc1. The number of ether oxygens (including phenoxy) is 2. The first-order valence-electron chi connectivity index (χ1n) is 9.17. The Balaban J connectivity index is 1.70. The van der Waals surface area contributed by atoms with Crippen LogP contribution in [-0.4, -0.2) is 38.3 Å². The molecule has 0 saturated carbocycles. The van der Waals surface area contributed by atoms with Gasteiger partial charge in [0, 0.05) is 18.7 Å². The molecule has 0 spiro atoms. The maximum atomic E-state index is 12.6. The number of hydrogen-bond donors (Lipinski definition) is 1. The highest BCUT2D eigenvalue weighted by atomic mass is 16.5. The molecule has 0 aromatic heterocycles. The topological polar surface area (TPSA) is 50.8 Å². The zero-order valence-electron chi connectivity index (χ0n) is 15.4. The molecule has 3 rings (SSSR count). The first-order chi connectivity index (χ1) is 12.7. The van der Waals surface area contributed by atoms with Crippen LogP contribution >= 0.6 is 0 Å². The van der Waals surface area contributed by atoms with E-state index in [2.05, 4.69) is 17.1 Å². The lowest BCUT2D eigenvalue weighted by Crippen LogP contribution is -2.36. The van der Waals surface area contributed by atoms with Crippen LogP contribution in [0.15, 0.2) is 48.5 Å². The van der Waals surface area contributed by atoms with Crippen LogP contribution in [0.25, 0.3) is 0 Å². The van der Waals surface area contributed by atoms with E-state index in [1.807, 2.05) is 43.3 Å². The Kier molecular flexibility index (Phi) is 6.12. The van der Waals surface area contributed by atoms with Crippen molar-refractivity contribution in [1.29, 1.82) is 0 Å². The summed E-state index contributed by atoms with van der Waals surface area (Å²) in [6, 6.07) is 15.2. The van der Waals surface area contributed by atoms with Gasteiger partial charge in [0.25, 0.3) is 5.91 Å². The van der Waals surface area contributed by atoms with Crippen molar-refractivity contribution < 1.29 is 14.3 Å². The van der Waals surface area contributed by atoms with E-state index in [0.717, 1.165) is 36.6 Å². The Morgan fingerprint density at radius 2 is 1.85 bits per heavy atom. The fourth-order valence-corrected chi connectivity index (χ4v) is 2.85. The van der Waals surface area contributed by atoms with Gasteiger partial charge in [-0.15, -0.1) is 0 Å². The molecule has 1 unspecified atom stereocenters. The Bertz CT molecular complexity index is 724. The monoisotopic (exact) mass is 354 g/mol. The van der Waals surface area contributed by atoms with Gasteiger partial charge < -0.3 is 19.7 Å². The van der Waals surface area contributed by atoms with Crippen molar-refractivity contribution in [3.8, 4) is 5.75 Å². The summed E-state index contributed by atoms with van der Waals surface area (Å²) in [5, 5.41) is 3.03. The number of para-hydroxylation sites is 2. The van der Waals surface area contributed by atoms with Crippen molar-refractivity contribution in [2.75, 3.05) is 36.5 Å². The van der Waals surface area contributed by atoms with Crippen LogP contribution < -0.4 is 15.0 Å². The van der Waals surface area contributed by atoms with Crippen molar-refractivity contribution in [2.24, 2.45) is 0 Å². The van der Waals surface area contributed by atoms with Gasteiger partial charge in [0.2, 0.25) is 0 Å². The summed E-state index contributed by atoms with van der Waals surface area (Å²) in [4.78, 5) is 14.9. The molecule has 1 saturated heterocycles. The van der Waals surface area contributed by atoms with Gasteiger partial charge in [0.1, 0.15) is 5.75 Å². The second-order valence-electron chi connectivity index (χ2n) is 6.43. The van der Waals surface area contributed by atoms with Gasteiger partial charge in [0.05, 0.1) is 30.7 Å². The van der Waals surface area contributed by atoms with Crippen molar-refractivity contribution in [3.05, 3.63) is 54.1 Å². The summed E-state index contributed by atoms with van der Waals surface area (Å²) in [5.41, 5.74) is 2.46. The molecule has 2 aromatic rings. The van der Waals surface area contributed by atoms with Gasteiger partial charge in [-0.3, -0.25) is 4.79 Å². The average Bonchev–Trinajstić information content (AvgIpc) is 2.69. The summed E-state index contributed by atoms with van der Waals surface area (Å²) < 4.78 is 11.2. The predicted octanol–water partition coefficient (Wildman–Crippen LogP) is 3.95. The number of benzene rings is 2. The average molecular weight is 354 g/mol. The number of nitrogens with one attached hydrogen (secondary N) is 1. The molecule has 5 nitrogen and oxygen atoms in total. The molecule has 0 bridgehead atoms. The Morgan fingerprint density at radius 3 is 2.54 bits per heavy atom. The highest BCUT2D eigenvalue weighted by Gasteiger charge is 2.16. The van der Waals surface area contributed by atoms with E-state index in [-0.39, 0.29) is 12.0 Å². The Morgan fingerprint density at radius 1 is 1.15 bits per heavy atom. The number of amides is 1. The Labute approximate surface area is 154 Å². The van der Waals surface area contributed by atoms with Crippen LogP contribution in [0.1, 0.15) is 30.6 Å². The quantitative estimate of drug-likeness (QED) is 0.853. The van der Waals surface area contributed by atoms with Crippen LogP contribution in [0.4, 0.5) is 11.4 Å². The molecular weight excluding hydrogens is 328 g/mol. The molecule has 1 N–H and O–H groups in total.